The molecule has 0 bridgehead atoms. The Kier molecular flexibility index (Phi) is 3.66. The molecule has 0 radical (unpaired) electrons. The number of hydrogen-bond acceptors (Lipinski definition) is 6. The van der Waals surface area contributed by atoms with E-state index in [9.17, 15) is 9.59 Å². The van der Waals surface area contributed by atoms with E-state index in [4.69, 9.17) is 9.52 Å². The number of carboxylic acid groups (broad SMARTS) is 1. The fourth-order valence-corrected chi connectivity index (χ4v) is 3.43. The molecule has 0 amide bonds. The molecule has 4 rings (SSSR count). The molecular formula is C17H11N3O4S. The van der Waals surface area contributed by atoms with Gasteiger partial charge in [0.05, 0.1) is 5.39 Å². The van der Waals surface area contributed by atoms with Crippen molar-refractivity contribution in [3.8, 4) is 10.4 Å². The Morgan fingerprint density at radius 2 is 2.00 bits per heavy atom. The minimum atomic E-state index is -1.16. The highest BCUT2D eigenvalue weighted by Crippen LogP contribution is 2.30. The SMILES string of the molecule is O=C(O)c1ccc(Cn2nnc3sc(-c4ccccc4)cc3c2=O)o1. The van der Waals surface area contributed by atoms with Gasteiger partial charge in [0.25, 0.3) is 5.56 Å². The van der Waals surface area contributed by atoms with Gasteiger partial charge >= 0.3 is 5.97 Å². The van der Waals surface area contributed by atoms with E-state index in [1.54, 1.807) is 6.07 Å². The van der Waals surface area contributed by atoms with E-state index in [0.29, 0.717) is 16.0 Å². The number of carbonyl (C=O) groups is 1. The lowest BCUT2D eigenvalue weighted by Gasteiger charge is -2.00. The second kappa shape index (κ2) is 5.99. The zero-order valence-corrected chi connectivity index (χ0v) is 13.6. The molecule has 1 N–H and O–H groups in total. The van der Waals surface area contributed by atoms with Gasteiger partial charge in [0, 0.05) is 4.88 Å². The standard InChI is InChI=1S/C17H11N3O4S/c21-16-12-8-14(10-4-2-1-3-5-10)25-15(12)18-19-20(16)9-11-6-7-13(24-11)17(22)23/h1-8H,9H2,(H,22,23). The molecule has 0 saturated carbocycles. The van der Waals surface area contributed by atoms with Gasteiger partial charge in [-0.15, -0.1) is 16.4 Å². The van der Waals surface area contributed by atoms with Gasteiger partial charge in [-0.25, -0.2) is 9.48 Å². The first kappa shape index (κ1) is 15.3. The summed E-state index contributed by atoms with van der Waals surface area (Å²) in [5.41, 5.74) is 0.713. The number of thiophene rings is 1. The molecular weight excluding hydrogens is 342 g/mol. The van der Waals surface area contributed by atoms with Crippen molar-refractivity contribution >= 4 is 27.5 Å². The van der Waals surface area contributed by atoms with Crippen LogP contribution in [0.15, 0.2) is 57.7 Å². The second-order valence-corrected chi connectivity index (χ2v) is 6.35. The maximum atomic E-state index is 12.6. The minimum absolute atomic E-state index is 0.0194. The maximum absolute atomic E-state index is 12.6. The Hall–Kier alpha value is -3.26. The third kappa shape index (κ3) is 2.83. The number of benzene rings is 1. The van der Waals surface area contributed by atoms with Crippen molar-refractivity contribution < 1.29 is 14.3 Å². The van der Waals surface area contributed by atoms with Gasteiger partial charge in [0.2, 0.25) is 5.76 Å². The molecule has 0 aliphatic rings. The van der Waals surface area contributed by atoms with E-state index in [1.807, 2.05) is 30.3 Å². The van der Waals surface area contributed by atoms with Crippen molar-refractivity contribution in [3.63, 3.8) is 0 Å². The highest BCUT2D eigenvalue weighted by Gasteiger charge is 2.14. The van der Waals surface area contributed by atoms with Crippen LogP contribution in [-0.4, -0.2) is 26.1 Å². The summed E-state index contributed by atoms with van der Waals surface area (Å²) in [5, 5.41) is 17.4. The fraction of sp³-hybridized carbons (Fsp3) is 0.0588. The van der Waals surface area contributed by atoms with Gasteiger partial charge in [-0.2, -0.15) is 0 Å². The van der Waals surface area contributed by atoms with Crippen molar-refractivity contribution in [2.45, 2.75) is 6.54 Å². The number of furan rings is 1. The molecule has 7 nitrogen and oxygen atoms in total. The molecule has 1 aromatic carbocycles. The summed E-state index contributed by atoms with van der Waals surface area (Å²) >= 11 is 1.40. The molecule has 0 saturated heterocycles. The summed E-state index contributed by atoms with van der Waals surface area (Å²) < 4.78 is 6.33. The van der Waals surface area contributed by atoms with Crippen LogP contribution in [-0.2, 0) is 6.54 Å². The van der Waals surface area contributed by atoms with Crippen LogP contribution in [0, 0.1) is 0 Å². The maximum Gasteiger partial charge on any atom is 0.371 e. The van der Waals surface area contributed by atoms with Crippen molar-refractivity contribution in [1.82, 2.24) is 15.0 Å². The summed E-state index contributed by atoms with van der Waals surface area (Å²) in [4.78, 5) is 25.0. The Balaban J connectivity index is 1.72. The first-order valence-electron chi connectivity index (χ1n) is 7.36. The zero-order valence-electron chi connectivity index (χ0n) is 12.7. The topological polar surface area (TPSA) is 98.2 Å². The molecule has 3 heterocycles. The summed E-state index contributed by atoms with van der Waals surface area (Å²) in [6.07, 6.45) is 0. The van der Waals surface area contributed by atoms with Crippen LogP contribution in [0.4, 0.5) is 0 Å². The molecule has 124 valence electrons. The van der Waals surface area contributed by atoms with Crippen LogP contribution < -0.4 is 5.56 Å². The van der Waals surface area contributed by atoms with E-state index < -0.39 is 5.97 Å². The van der Waals surface area contributed by atoms with Crippen molar-refractivity contribution in [2.75, 3.05) is 0 Å². The second-order valence-electron chi connectivity index (χ2n) is 5.32. The smallest absolute Gasteiger partial charge is 0.371 e. The predicted molar refractivity (Wildman–Crippen MR) is 91.9 cm³/mol. The van der Waals surface area contributed by atoms with Crippen LogP contribution in [0.1, 0.15) is 16.3 Å². The first-order valence-corrected chi connectivity index (χ1v) is 8.18. The lowest BCUT2D eigenvalue weighted by Crippen LogP contribution is -2.23. The summed E-state index contributed by atoms with van der Waals surface area (Å²) in [6.45, 7) is 0.0194. The summed E-state index contributed by atoms with van der Waals surface area (Å²) in [6, 6.07) is 14.4. The van der Waals surface area contributed by atoms with Crippen molar-refractivity contribution in [3.05, 3.63) is 70.4 Å². The van der Waals surface area contributed by atoms with Crippen molar-refractivity contribution in [2.24, 2.45) is 0 Å². The molecule has 3 aromatic heterocycles. The molecule has 0 unspecified atom stereocenters. The van der Waals surface area contributed by atoms with E-state index in [2.05, 4.69) is 10.3 Å². The highest BCUT2D eigenvalue weighted by molar-refractivity contribution is 7.21. The average Bonchev–Trinajstić information content (AvgIpc) is 3.26. The zero-order chi connectivity index (χ0) is 17.4. The molecule has 0 spiro atoms. The number of rotatable bonds is 4. The van der Waals surface area contributed by atoms with Crippen LogP contribution in [0.2, 0.25) is 0 Å². The quantitative estimate of drug-likeness (QED) is 0.606. The Labute approximate surface area is 144 Å². The van der Waals surface area contributed by atoms with E-state index in [-0.39, 0.29) is 17.9 Å². The largest absolute Gasteiger partial charge is 0.475 e. The average molecular weight is 353 g/mol. The first-order chi connectivity index (χ1) is 12.1. The third-order valence-electron chi connectivity index (χ3n) is 3.66. The van der Waals surface area contributed by atoms with Crippen LogP contribution in [0.25, 0.3) is 20.7 Å². The Morgan fingerprint density at radius 3 is 2.72 bits per heavy atom. The number of hydrogen-bond donors (Lipinski definition) is 1. The molecule has 4 aromatic rings. The Morgan fingerprint density at radius 1 is 1.20 bits per heavy atom. The number of carboxylic acids is 1. The van der Waals surface area contributed by atoms with Crippen LogP contribution in [0.3, 0.4) is 0 Å². The number of aromatic nitrogens is 3. The number of fused-ring (bicyclic) bond motifs is 1. The van der Waals surface area contributed by atoms with Gasteiger partial charge in [-0.1, -0.05) is 35.5 Å². The number of nitrogens with zero attached hydrogens (tertiary/aromatic N) is 3. The molecule has 25 heavy (non-hydrogen) atoms. The monoisotopic (exact) mass is 353 g/mol. The van der Waals surface area contributed by atoms with Gasteiger partial charge in [-0.05, 0) is 23.8 Å². The van der Waals surface area contributed by atoms with E-state index >= 15 is 0 Å². The fourth-order valence-electron chi connectivity index (χ4n) is 2.46. The molecule has 8 heteroatoms. The lowest BCUT2D eigenvalue weighted by molar-refractivity contribution is 0.0660. The molecule has 0 aliphatic carbocycles. The molecule has 0 atom stereocenters. The van der Waals surface area contributed by atoms with Gasteiger partial charge in [-0.3, -0.25) is 4.79 Å². The van der Waals surface area contributed by atoms with Gasteiger partial charge in [0.1, 0.15) is 12.3 Å². The highest BCUT2D eigenvalue weighted by atomic mass is 32.1. The van der Waals surface area contributed by atoms with Gasteiger partial charge < -0.3 is 9.52 Å². The summed E-state index contributed by atoms with van der Waals surface area (Å²) in [5.74, 6) is -1.02. The minimum Gasteiger partial charge on any atom is -0.475 e. The lowest BCUT2D eigenvalue weighted by atomic mass is 10.2. The molecule has 0 aliphatic heterocycles. The molecule has 0 fully saturated rings. The van der Waals surface area contributed by atoms with Gasteiger partial charge in [0.15, 0.2) is 4.83 Å². The van der Waals surface area contributed by atoms with E-state index in [0.717, 1.165) is 15.1 Å². The number of aromatic carboxylic acids is 1. The van der Waals surface area contributed by atoms with Crippen LogP contribution in [0.5, 0.6) is 0 Å². The van der Waals surface area contributed by atoms with E-state index in [1.165, 1.54) is 23.5 Å². The normalized spacial score (nSPS) is 11.0. The Bertz CT molecular complexity index is 1130. The van der Waals surface area contributed by atoms with Crippen molar-refractivity contribution in [1.29, 1.82) is 0 Å². The predicted octanol–water partition coefficient (Wildman–Crippen LogP) is 2.86. The summed E-state index contributed by atoms with van der Waals surface area (Å²) in [7, 11) is 0. The van der Waals surface area contributed by atoms with Crippen LogP contribution >= 0.6 is 11.3 Å². The third-order valence-corrected chi connectivity index (χ3v) is 4.73.